The van der Waals surface area contributed by atoms with Gasteiger partial charge in [0.05, 0.1) is 0 Å². The van der Waals surface area contributed by atoms with Gasteiger partial charge in [-0.1, -0.05) is 58.1 Å². The summed E-state index contributed by atoms with van der Waals surface area (Å²) in [5.41, 5.74) is 1.81. The van der Waals surface area contributed by atoms with Gasteiger partial charge >= 0.3 is 0 Å². The quantitative estimate of drug-likeness (QED) is 0.756. The number of hydrogen-bond donors (Lipinski definition) is 2. The molecule has 7 heteroatoms. The van der Waals surface area contributed by atoms with Crippen LogP contribution in [-0.4, -0.2) is 28.6 Å². The Morgan fingerprint density at radius 1 is 1.11 bits per heavy atom. The van der Waals surface area contributed by atoms with E-state index >= 15 is 0 Å². The average Bonchev–Trinajstić information content (AvgIpc) is 3.00. The van der Waals surface area contributed by atoms with Gasteiger partial charge in [0.2, 0.25) is 11.0 Å². The predicted octanol–water partition coefficient (Wildman–Crippen LogP) is 3.79. The van der Waals surface area contributed by atoms with Crippen molar-refractivity contribution < 1.29 is 9.59 Å². The SMILES string of the molecule is CC(C)Cc1nnc(NC(=O)CCNC(=O)c2ccc(C(C)(C)C)cc2)s1. The van der Waals surface area contributed by atoms with E-state index in [1.54, 1.807) is 0 Å². The summed E-state index contributed by atoms with van der Waals surface area (Å²) in [5.74, 6) is 0.123. The average molecular weight is 389 g/mol. The van der Waals surface area contributed by atoms with E-state index in [4.69, 9.17) is 0 Å². The molecule has 0 radical (unpaired) electrons. The van der Waals surface area contributed by atoms with E-state index in [1.807, 2.05) is 24.3 Å². The third kappa shape index (κ3) is 6.75. The maximum atomic E-state index is 12.2. The highest BCUT2D eigenvalue weighted by atomic mass is 32.1. The summed E-state index contributed by atoms with van der Waals surface area (Å²) < 4.78 is 0. The number of nitrogens with one attached hydrogen (secondary N) is 2. The number of hydrogen-bond acceptors (Lipinski definition) is 5. The van der Waals surface area contributed by atoms with Crippen molar-refractivity contribution in [3.63, 3.8) is 0 Å². The monoisotopic (exact) mass is 388 g/mol. The number of benzene rings is 1. The van der Waals surface area contributed by atoms with Gasteiger partial charge in [-0.05, 0) is 29.0 Å². The van der Waals surface area contributed by atoms with E-state index < -0.39 is 0 Å². The number of carbonyl (C=O) groups is 2. The molecule has 2 aromatic rings. The number of aromatic nitrogens is 2. The molecule has 0 aliphatic rings. The first kappa shape index (κ1) is 21.0. The zero-order valence-electron chi connectivity index (χ0n) is 16.6. The van der Waals surface area contributed by atoms with E-state index in [2.05, 4.69) is 55.4 Å². The molecule has 6 nitrogen and oxygen atoms in total. The Morgan fingerprint density at radius 2 is 1.78 bits per heavy atom. The van der Waals surface area contributed by atoms with Gasteiger partial charge in [0.1, 0.15) is 5.01 Å². The molecular weight excluding hydrogens is 360 g/mol. The first-order valence-electron chi connectivity index (χ1n) is 9.16. The number of carbonyl (C=O) groups excluding carboxylic acids is 2. The van der Waals surface area contributed by atoms with Crippen molar-refractivity contribution in [3.05, 3.63) is 40.4 Å². The highest BCUT2D eigenvalue weighted by Crippen LogP contribution is 2.22. The lowest BCUT2D eigenvalue weighted by Crippen LogP contribution is -2.27. The Morgan fingerprint density at radius 3 is 2.37 bits per heavy atom. The van der Waals surface area contributed by atoms with Crippen LogP contribution in [-0.2, 0) is 16.6 Å². The van der Waals surface area contributed by atoms with Crippen molar-refractivity contribution in [1.29, 1.82) is 0 Å². The van der Waals surface area contributed by atoms with Crippen molar-refractivity contribution in [3.8, 4) is 0 Å². The van der Waals surface area contributed by atoms with E-state index in [1.165, 1.54) is 16.9 Å². The summed E-state index contributed by atoms with van der Waals surface area (Å²) in [5, 5.41) is 15.0. The molecule has 146 valence electrons. The molecule has 27 heavy (non-hydrogen) atoms. The van der Waals surface area contributed by atoms with Crippen molar-refractivity contribution in [2.24, 2.45) is 5.92 Å². The van der Waals surface area contributed by atoms with Crippen LogP contribution in [0.5, 0.6) is 0 Å². The fraction of sp³-hybridized carbons (Fsp3) is 0.500. The minimum absolute atomic E-state index is 0.0484. The first-order chi connectivity index (χ1) is 12.6. The normalized spacial score (nSPS) is 11.5. The van der Waals surface area contributed by atoms with Gasteiger partial charge < -0.3 is 10.6 Å². The van der Waals surface area contributed by atoms with E-state index in [-0.39, 0.29) is 30.2 Å². The molecule has 0 unspecified atom stereocenters. The van der Waals surface area contributed by atoms with Gasteiger partial charge in [0.25, 0.3) is 5.91 Å². The van der Waals surface area contributed by atoms with Crippen LogP contribution >= 0.6 is 11.3 Å². The Labute approximate surface area is 164 Å². The van der Waals surface area contributed by atoms with Crippen LogP contribution in [0, 0.1) is 5.92 Å². The third-order valence-electron chi connectivity index (χ3n) is 3.95. The second-order valence-corrected chi connectivity index (χ2v) is 9.04. The molecule has 0 saturated heterocycles. The maximum Gasteiger partial charge on any atom is 0.251 e. The lowest BCUT2D eigenvalue weighted by Gasteiger charge is -2.19. The van der Waals surface area contributed by atoms with Crippen LogP contribution < -0.4 is 10.6 Å². The molecular formula is C20H28N4O2S. The van der Waals surface area contributed by atoms with Gasteiger partial charge in [-0.3, -0.25) is 9.59 Å². The lowest BCUT2D eigenvalue weighted by atomic mass is 9.87. The Balaban J connectivity index is 1.77. The summed E-state index contributed by atoms with van der Waals surface area (Å²) in [4.78, 5) is 24.2. The van der Waals surface area contributed by atoms with Gasteiger partial charge in [-0.2, -0.15) is 0 Å². The molecule has 0 aliphatic heterocycles. The molecule has 2 N–H and O–H groups in total. The summed E-state index contributed by atoms with van der Waals surface area (Å²) in [6.45, 7) is 10.9. The third-order valence-corrected chi connectivity index (χ3v) is 4.81. The van der Waals surface area contributed by atoms with Crippen molar-refractivity contribution in [2.75, 3.05) is 11.9 Å². The minimum atomic E-state index is -0.189. The van der Waals surface area contributed by atoms with Crippen LogP contribution in [0.25, 0.3) is 0 Å². The second-order valence-electron chi connectivity index (χ2n) is 7.98. The van der Waals surface area contributed by atoms with Crippen LogP contribution in [0.3, 0.4) is 0 Å². The predicted molar refractivity (Wildman–Crippen MR) is 109 cm³/mol. The number of rotatable bonds is 7. The second kappa shape index (κ2) is 9.08. The molecule has 1 aromatic carbocycles. The molecule has 0 fully saturated rings. The van der Waals surface area contributed by atoms with Crippen LogP contribution in [0.1, 0.15) is 62.0 Å². The zero-order valence-corrected chi connectivity index (χ0v) is 17.4. The Kier molecular flexibility index (Phi) is 7.07. The fourth-order valence-corrected chi connectivity index (χ4v) is 3.40. The van der Waals surface area contributed by atoms with Crippen LogP contribution in [0.15, 0.2) is 24.3 Å². The fourth-order valence-electron chi connectivity index (χ4n) is 2.43. The molecule has 0 atom stereocenters. The Bertz CT molecular complexity index is 776. The van der Waals surface area contributed by atoms with Gasteiger partial charge in [0.15, 0.2) is 0 Å². The molecule has 2 amide bonds. The summed E-state index contributed by atoms with van der Waals surface area (Å²) in [7, 11) is 0. The standard InChI is InChI=1S/C20H28N4O2S/c1-13(2)12-17-23-24-19(27-17)22-16(25)10-11-21-18(26)14-6-8-15(9-7-14)20(3,4)5/h6-9,13H,10-12H2,1-5H3,(H,21,26)(H,22,24,25). The zero-order chi connectivity index (χ0) is 20.0. The van der Waals surface area contributed by atoms with Gasteiger partial charge in [-0.15, -0.1) is 10.2 Å². The molecule has 0 bridgehead atoms. The van der Waals surface area contributed by atoms with Crippen LogP contribution in [0.2, 0.25) is 0 Å². The molecule has 0 saturated carbocycles. The summed E-state index contributed by atoms with van der Waals surface area (Å²) >= 11 is 1.39. The first-order valence-corrected chi connectivity index (χ1v) is 9.98. The molecule has 0 spiro atoms. The van der Waals surface area contributed by atoms with E-state index in [9.17, 15) is 9.59 Å². The lowest BCUT2D eigenvalue weighted by molar-refractivity contribution is -0.116. The summed E-state index contributed by atoms with van der Waals surface area (Å²) in [6, 6.07) is 7.55. The van der Waals surface area contributed by atoms with Gasteiger partial charge in [-0.25, -0.2) is 0 Å². The van der Waals surface area contributed by atoms with E-state index in [0.29, 0.717) is 16.6 Å². The number of nitrogens with zero attached hydrogens (tertiary/aromatic N) is 2. The number of anilines is 1. The number of amides is 2. The smallest absolute Gasteiger partial charge is 0.251 e. The minimum Gasteiger partial charge on any atom is -0.352 e. The topological polar surface area (TPSA) is 84.0 Å². The maximum absolute atomic E-state index is 12.2. The van der Waals surface area contributed by atoms with Crippen LogP contribution in [0.4, 0.5) is 5.13 Å². The van der Waals surface area contributed by atoms with E-state index in [0.717, 1.165) is 11.4 Å². The molecule has 2 rings (SSSR count). The molecule has 0 aliphatic carbocycles. The largest absolute Gasteiger partial charge is 0.352 e. The van der Waals surface area contributed by atoms with Gasteiger partial charge in [0, 0.05) is 24.9 Å². The van der Waals surface area contributed by atoms with Crippen molar-refractivity contribution in [1.82, 2.24) is 15.5 Å². The van der Waals surface area contributed by atoms with Crippen molar-refractivity contribution >= 4 is 28.3 Å². The summed E-state index contributed by atoms with van der Waals surface area (Å²) in [6.07, 6.45) is 1.03. The highest BCUT2D eigenvalue weighted by Gasteiger charge is 2.14. The molecule has 1 heterocycles. The highest BCUT2D eigenvalue weighted by molar-refractivity contribution is 7.15. The van der Waals surface area contributed by atoms with Crippen molar-refractivity contribution in [2.45, 2.75) is 52.9 Å². The Hall–Kier alpha value is -2.28. The molecule has 1 aromatic heterocycles.